The van der Waals surface area contributed by atoms with E-state index in [-0.39, 0.29) is 5.69 Å². The van der Waals surface area contributed by atoms with Crippen molar-refractivity contribution in [2.24, 2.45) is 0 Å². The Labute approximate surface area is 152 Å². The SMILES string of the molecule is Cc1ccc(C(=O)NNC(=O)/C=C/c2cccc([N+](=O)[O-])c2)cc1Br. The van der Waals surface area contributed by atoms with Crippen molar-refractivity contribution in [3.8, 4) is 0 Å². The molecule has 0 unspecified atom stereocenters. The first-order valence-corrected chi connectivity index (χ1v) is 7.95. The van der Waals surface area contributed by atoms with E-state index < -0.39 is 16.7 Å². The van der Waals surface area contributed by atoms with E-state index in [1.807, 2.05) is 6.92 Å². The Morgan fingerprint density at radius 2 is 1.92 bits per heavy atom. The topological polar surface area (TPSA) is 101 Å². The lowest BCUT2D eigenvalue weighted by Gasteiger charge is -2.06. The van der Waals surface area contributed by atoms with Crippen LogP contribution in [0.4, 0.5) is 5.69 Å². The summed E-state index contributed by atoms with van der Waals surface area (Å²) in [5, 5.41) is 10.7. The first-order chi connectivity index (χ1) is 11.9. The van der Waals surface area contributed by atoms with Crippen molar-refractivity contribution in [1.82, 2.24) is 10.9 Å². The van der Waals surface area contributed by atoms with E-state index in [2.05, 4.69) is 26.8 Å². The minimum atomic E-state index is -0.564. The third-order valence-electron chi connectivity index (χ3n) is 3.24. The highest BCUT2D eigenvalue weighted by Gasteiger charge is 2.08. The Bertz CT molecular complexity index is 865. The molecule has 0 atom stereocenters. The molecule has 2 N–H and O–H groups in total. The molecule has 2 aromatic rings. The quantitative estimate of drug-likeness (QED) is 0.464. The number of non-ortho nitro benzene ring substituents is 1. The summed E-state index contributed by atoms with van der Waals surface area (Å²) < 4.78 is 0.789. The summed E-state index contributed by atoms with van der Waals surface area (Å²) in [6.07, 6.45) is 2.58. The molecule has 0 spiro atoms. The van der Waals surface area contributed by atoms with Gasteiger partial charge in [-0.1, -0.05) is 34.1 Å². The maximum Gasteiger partial charge on any atom is 0.270 e. The Balaban J connectivity index is 1.93. The minimum Gasteiger partial charge on any atom is -0.268 e. The van der Waals surface area contributed by atoms with Gasteiger partial charge in [-0.3, -0.25) is 30.6 Å². The van der Waals surface area contributed by atoms with Gasteiger partial charge in [0.2, 0.25) is 0 Å². The Kier molecular flexibility index (Phi) is 6.02. The summed E-state index contributed by atoms with van der Waals surface area (Å²) in [7, 11) is 0. The fraction of sp³-hybridized carbons (Fsp3) is 0.0588. The van der Waals surface area contributed by atoms with E-state index in [1.54, 1.807) is 24.3 Å². The number of rotatable bonds is 4. The van der Waals surface area contributed by atoms with Crippen molar-refractivity contribution in [2.75, 3.05) is 0 Å². The second kappa shape index (κ2) is 8.20. The van der Waals surface area contributed by atoms with Crippen LogP contribution in [0.15, 0.2) is 53.0 Å². The van der Waals surface area contributed by atoms with Crippen LogP contribution < -0.4 is 10.9 Å². The molecule has 0 aliphatic heterocycles. The van der Waals surface area contributed by atoms with Crippen molar-refractivity contribution >= 4 is 39.5 Å². The Morgan fingerprint density at radius 3 is 2.60 bits per heavy atom. The summed E-state index contributed by atoms with van der Waals surface area (Å²) in [4.78, 5) is 33.9. The number of aryl methyl sites for hydroxylation is 1. The van der Waals surface area contributed by atoms with Gasteiger partial charge in [0.05, 0.1) is 4.92 Å². The lowest BCUT2D eigenvalue weighted by molar-refractivity contribution is -0.384. The van der Waals surface area contributed by atoms with Gasteiger partial charge in [-0.2, -0.15) is 0 Å². The van der Waals surface area contributed by atoms with E-state index in [1.165, 1.54) is 30.4 Å². The van der Waals surface area contributed by atoms with Gasteiger partial charge in [-0.25, -0.2) is 0 Å². The number of nitro groups is 1. The van der Waals surface area contributed by atoms with Crippen molar-refractivity contribution in [3.05, 3.63) is 79.8 Å². The lowest BCUT2D eigenvalue weighted by Crippen LogP contribution is -2.40. The van der Waals surface area contributed by atoms with Crippen LogP contribution in [0.2, 0.25) is 0 Å². The molecule has 2 rings (SSSR count). The number of carbonyl (C=O) groups excluding carboxylic acids is 2. The monoisotopic (exact) mass is 403 g/mol. The molecular formula is C17H14BrN3O4. The Hall–Kier alpha value is -3.00. The number of halogens is 1. The fourth-order valence-electron chi connectivity index (χ4n) is 1.88. The van der Waals surface area contributed by atoms with Gasteiger partial charge in [-0.05, 0) is 36.3 Å². The van der Waals surface area contributed by atoms with Crippen LogP contribution >= 0.6 is 15.9 Å². The maximum atomic E-state index is 12.0. The van der Waals surface area contributed by atoms with E-state index in [0.29, 0.717) is 11.1 Å². The number of benzene rings is 2. The highest BCUT2D eigenvalue weighted by atomic mass is 79.9. The second-order valence-corrected chi connectivity index (χ2v) is 5.95. The fourth-order valence-corrected chi connectivity index (χ4v) is 2.26. The smallest absolute Gasteiger partial charge is 0.268 e. The molecule has 0 aromatic heterocycles. The predicted octanol–water partition coefficient (Wildman–Crippen LogP) is 3.14. The molecule has 8 heteroatoms. The average Bonchev–Trinajstić information content (AvgIpc) is 2.60. The molecule has 7 nitrogen and oxygen atoms in total. The average molecular weight is 404 g/mol. The molecule has 2 amide bonds. The molecule has 0 aliphatic carbocycles. The molecule has 128 valence electrons. The minimum absolute atomic E-state index is 0.0687. The second-order valence-electron chi connectivity index (χ2n) is 5.09. The van der Waals surface area contributed by atoms with Crippen molar-refractivity contribution in [2.45, 2.75) is 6.92 Å². The lowest BCUT2D eigenvalue weighted by atomic mass is 10.1. The number of nitro benzene ring substituents is 1. The van der Waals surface area contributed by atoms with Crippen molar-refractivity contribution in [1.29, 1.82) is 0 Å². The molecule has 0 fully saturated rings. The zero-order chi connectivity index (χ0) is 18.4. The van der Waals surface area contributed by atoms with Crippen LogP contribution in [0.5, 0.6) is 0 Å². The van der Waals surface area contributed by atoms with E-state index >= 15 is 0 Å². The van der Waals surface area contributed by atoms with E-state index in [0.717, 1.165) is 10.0 Å². The predicted molar refractivity (Wildman–Crippen MR) is 96.6 cm³/mol. The summed E-state index contributed by atoms with van der Waals surface area (Å²) in [6, 6.07) is 10.9. The normalized spacial score (nSPS) is 10.5. The third kappa shape index (κ3) is 5.25. The first-order valence-electron chi connectivity index (χ1n) is 7.16. The Morgan fingerprint density at radius 1 is 1.16 bits per heavy atom. The van der Waals surface area contributed by atoms with Gasteiger partial charge in [-0.15, -0.1) is 0 Å². The van der Waals surface area contributed by atoms with Crippen LogP contribution in [0.3, 0.4) is 0 Å². The number of nitrogens with one attached hydrogen (secondary N) is 2. The van der Waals surface area contributed by atoms with Crippen LogP contribution in [0.25, 0.3) is 6.08 Å². The number of hydrogen-bond donors (Lipinski definition) is 2. The van der Waals surface area contributed by atoms with Crippen molar-refractivity contribution < 1.29 is 14.5 Å². The molecule has 0 aliphatic rings. The molecule has 25 heavy (non-hydrogen) atoms. The number of nitrogens with zero attached hydrogens (tertiary/aromatic N) is 1. The number of amides is 2. The number of hydrazine groups is 1. The molecule has 0 radical (unpaired) electrons. The van der Waals surface area contributed by atoms with Gasteiger partial charge in [0.15, 0.2) is 0 Å². The van der Waals surface area contributed by atoms with Crippen molar-refractivity contribution in [3.63, 3.8) is 0 Å². The number of carbonyl (C=O) groups is 2. The summed E-state index contributed by atoms with van der Waals surface area (Å²) in [5.41, 5.74) is 6.35. The van der Waals surface area contributed by atoms with Crippen LogP contribution in [0.1, 0.15) is 21.5 Å². The molecule has 0 saturated carbocycles. The molecular weight excluding hydrogens is 390 g/mol. The van der Waals surface area contributed by atoms with Gasteiger partial charge in [0.25, 0.3) is 17.5 Å². The van der Waals surface area contributed by atoms with Gasteiger partial charge < -0.3 is 0 Å². The number of hydrogen-bond acceptors (Lipinski definition) is 4. The molecule has 0 saturated heterocycles. The van der Waals surface area contributed by atoms with Gasteiger partial charge in [0.1, 0.15) is 0 Å². The van der Waals surface area contributed by atoms with E-state index in [9.17, 15) is 19.7 Å². The summed E-state index contributed by atoms with van der Waals surface area (Å²) in [5.74, 6) is -1.02. The third-order valence-corrected chi connectivity index (χ3v) is 4.10. The summed E-state index contributed by atoms with van der Waals surface area (Å²) in [6.45, 7) is 1.90. The molecule has 2 aromatic carbocycles. The van der Waals surface area contributed by atoms with Crippen LogP contribution in [0, 0.1) is 17.0 Å². The largest absolute Gasteiger partial charge is 0.270 e. The highest BCUT2D eigenvalue weighted by Crippen LogP contribution is 2.17. The van der Waals surface area contributed by atoms with E-state index in [4.69, 9.17) is 0 Å². The first kappa shape index (κ1) is 18.3. The van der Waals surface area contributed by atoms with Crippen LogP contribution in [-0.2, 0) is 4.79 Å². The van der Waals surface area contributed by atoms with Gasteiger partial charge >= 0.3 is 0 Å². The standard InChI is InChI=1S/C17H14BrN3O4/c1-11-5-7-13(10-15(11)18)17(23)20-19-16(22)8-6-12-3-2-4-14(9-12)21(24)25/h2-10H,1H3,(H,19,22)(H,20,23)/b8-6+. The summed E-state index contributed by atoms with van der Waals surface area (Å²) >= 11 is 3.33. The van der Waals surface area contributed by atoms with Crippen LogP contribution in [-0.4, -0.2) is 16.7 Å². The van der Waals surface area contributed by atoms with Gasteiger partial charge in [0, 0.05) is 28.2 Å². The molecule has 0 heterocycles. The zero-order valence-corrected chi connectivity index (χ0v) is 14.7. The maximum absolute atomic E-state index is 12.0. The highest BCUT2D eigenvalue weighted by molar-refractivity contribution is 9.10. The molecule has 0 bridgehead atoms. The zero-order valence-electron chi connectivity index (χ0n) is 13.2.